The van der Waals surface area contributed by atoms with Crippen molar-refractivity contribution in [1.82, 2.24) is 0 Å². The number of hydrogen-bond donors (Lipinski definition) is 0. The van der Waals surface area contributed by atoms with Crippen LogP contribution in [0.1, 0.15) is 32.6 Å². The lowest BCUT2D eigenvalue weighted by Gasteiger charge is -2.01. The van der Waals surface area contributed by atoms with Crippen molar-refractivity contribution in [1.29, 1.82) is 0 Å². The summed E-state index contributed by atoms with van der Waals surface area (Å²) < 4.78 is 0. The average Bonchev–Trinajstić information content (AvgIpc) is 2.34. The Morgan fingerprint density at radius 1 is 1.56 bits per heavy atom. The second-order valence-electron chi connectivity index (χ2n) is 2.98. The third-order valence-electron chi connectivity index (χ3n) is 2.35. The van der Waals surface area contributed by atoms with Gasteiger partial charge in [-0.05, 0) is 25.2 Å². The van der Waals surface area contributed by atoms with Crippen molar-refractivity contribution in [2.24, 2.45) is 11.8 Å². The first-order valence-electron chi connectivity index (χ1n) is 3.82. The Balaban J connectivity index is 2.28. The average molecular weight is 126 g/mol. The first-order valence-corrected chi connectivity index (χ1v) is 3.82. The van der Waals surface area contributed by atoms with Gasteiger partial charge in [0, 0.05) is 5.92 Å². The van der Waals surface area contributed by atoms with Gasteiger partial charge >= 0.3 is 0 Å². The molecule has 0 aromatic carbocycles. The molecule has 1 heteroatoms. The monoisotopic (exact) mass is 126 g/mol. The Kier molecular flexibility index (Phi) is 2.26. The van der Waals surface area contributed by atoms with Crippen molar-refractivity contribution in [2.75, 3.05) is 0 Å². The van der Waals surface area contributed by atoms with Crippen molar-refractivity contribution < 1.29 is 4.79 Å². The molecule has 0 bridgehead atoms. The number of rotatable bonds is 2. The molecular formula is C8H14O. The fraction of sp³-hybridized carbons (Fsp3) is 0.875. The Morgan fingerprint density at radius 2 is 2.33 bits per heavy atom. The van der Waals surface area contributed by atoms with Gasteiger partial charge in [0.25, 0.3) is 0 Å². The van der Waals surface area contributed by atoms with Gasteiger partial charge in [0.1, 0.15) is 6.29 Å². The van der Waals surface area contributed by atoms with Crippen molar-refractivity contribution >= 4 is 6.29 Å². The van der Waals surface area contributed by atoms with Crippen LogP contribution in [0, 0.1) is 11.8 Å². The van der Waals surface area contributed by atoms with Gasteiger partial charge in [-0.25, -0.2) is 0 Å². The topological polar surface area (TPSA) is 17.1 Å². The highest BCUT2D eigenvalue weighted by molar-refractivity contribution is 5.53. The van der Waals surface area contributed by atoms with E-state index in [1.165, 1.54) is 12.8 Å². The molecule has 0 N–H and O–H groups in total. The zero-order valence-electron chi connectivity index (χ0n) is 5.97. The maximum absolute atomic E-state index is 10.3. The second kappa shape index (κ2) is 3.00. The van der Waals surface area contributed by atoms with E-state index in [1.807, 2.05) is 0 Å². The number of carbonyl (C=O) groups excluding carboxylic acids is 1. The third kappa shape index (κ3) is 1.54. The van der Waals surface area contributed by atoms with E-state index in [0.717, 1.165) is 25.0 Å². The Hall–Kier alpha value is -0.330. The first-order chi connectivity index (χ1) is 4.36. The van der Waals surface area contributed by atoms with E-state index in [9.17, 15) is 4.79 Å². The van der Waals surface area contributed by atoms with Crippen LogP contribution in [0.2, 0.25) is 0 Å². The number of hydrogen-bond acceptors (Lipinski definition) is 1. The van der Waals surface area contributed by atoms with Gasteiger partial charge < -0.3 is 4.79 Å². The van der Waals surface area contributed by atoms with Gasteiger partial charge in [-0.3, -0.25) is 0 Å². The highest BCUT2D eigenvalue weighted by Gasteiger charge is 2.21. The number of aldehydes is 1. The van der Waals surface area contributed by atoms with Gasteiger partial charge in [-0.2, -0.15) is 0 Å². The lowest BCUT2D eigenvalue weighted by atomic mass is 10.0. The molecule has 9 heavy (non-hydrogen) atoms. The summed E-state index contributed by atoms with van der Waals surface area (Å²) in [4.78, 5) is 10.3. The fourth-order valence-electron chi connectivity index (χ4n) is 1.61. The maximum atomic E-state index is 10.3. The minimum absolute atomic E-state index is 0.398. The Morgan fingerprint density at radius 3 is 2.67 bits per heavy atom. The molecule has 0 aromatic heterocycles. The Labute approximate surface area is 56.4 Å². The summed E-state index contributed by atoms with van der Waals surface area (Å²) in [6, 6.07) is 0. The predicted molar refractivity (Wildman–Crippen MR) is 37.2 cm³/mol. The summed E-state index contributed by atoms with van der Waals surface area (Å²) in [6.45, 7) is 2.21. The van der Waals surface area contributed by atoms with E-state index in [2.05, 4.69) is 6.92 Å². The molecule has 0 heterocycles. The van der Waals surface area contributed by atoms with Gasteiger partial charge in [-0.1, -0.05) is 13.3 Å². The van der Waals surface area contributed by atoms with Crippen LogP contribution < -0.4 is 0 Å². The van der Waals surface area contributed by atoms with E-state index >= 15 is 0 Å². The quantitative estimate of drug-likeness (QED) is 0.517. The van der Waals surface area contributed by atoms with Crippen LogP contribution >= 0.6 is 0 Å². The van der Waals surface area contributed by atoms with Crippen LogP contribution in [0.5, 0.6) is 0 Å². The van der Waals surface area contributed by atoms with Crippen LogP contribution in [-0.4, -0.2) is 6.29 Å². The van der Waals surface area contributed by atoms with E-state index < -0.39 is 0 Å². The van der Waals surface area contributed by atoms with Gasteiger partial charge in [0.15, 0.2) is 0 Å². The molecule has 1 aliphatic carbocycles. The molecule has 1 aliphatic rings. The number of carbonyl (C=O) groups is 1. The first kappa shape index (κ1) is 6.79. The third-order valence-corrected chi connectivity index (χ3v) is 2.35. The van der Waals surface area contributed by atoms with Gasteiger partial charge in [0.05, 0.1) is 0 Å². The maximum Gasteiger partial charge on any atom is 0.123 e. The van der Waals surface area contributed by atoms with Crippen LogP contribution in [0.25, 0.3) is 0 Å². The van der Waals surface area contributed by atoms with E-state index in [-0.39, 0.29) is 0 Å². The molecule has 0 amide bonds. The standard InChI is InChI=1S/C8H14O/c1-2-7-3-4-8(5-7)6-9/h6-8H,2-5H2,1H3/t7-,8?/m1/s1. The highest BCUT2D eigenvalue weighted by Crippen LogP contribution is 2.31. The van der Waals surface area contributed by atoms with Crippen molar-refractivity contribution in [3.05, 3.63) is 0 Å². The van der Waals surface area contributed by atoms with Gasteiger partial charge in [0.2, 0.25) is 0 Å². The molecule has 52 valence electrons. The summed E-state index contributed by atoms with van der Waals surface area (Å²) in [6.07, 6.45) is 5.95. The zero-order chi connectivity index (χ0) is 6.69. The second-order valence-corrected chi connectivity index (χ2v) is 2.98. The molecule has 0 aliphatic heterocycles. The van der Waals surface area contributed by atoms with Gasteiger partial charge in [-0.15, -0.1) is 0 Å². The fourth-order valence-corrected chi connectivity index (χ4v) is 1.61. The van der Waals surface area contributed by atoms with E-state index in [4.69, 9.17) is 0 Å². The van der Waals surface area contributed by atoms with Crippen LogP contribution in [-0.2, 0) is 4.79 Å². The van der Waals surface area contributed by atoms with Crippen LogP contribution in [0.15, 0.2) is 0 Å². The van der Waals surface area contributed by atoms with Crippen LogP contribution in [0.4, 0.5) is 0 Å². The SMILES string of the molecule is CC[C@@H]1CCC(C=O)C1. The molecular weight excluding hydrogens is 112 g/mol. The summed E-state index contributed by atoms with van der Waals surface area (Å²) in [5, 5.41) is 0. The summed E-state index contributed by atoms with van der Waals surface area (Å²) >= 11 is 0. The van der Waals surface area contributed by atoms with Crippen LogP contribution in [0.3, 0.4) is 0 Å². The normalized spacial score (nSPS) is 34.8. The molecule has 1 unspecified atom stereocenters. The minimum Gasteiger partial charge on any atom is -0.303 e. The lowest BCUT2D eigenvalue weighted by Crippen LogP contribution is -1.95. The van der Waals surface area contributed by atoms with E-state index in [0.29, 0.717) is 5.92 Å². The summed E-state index contributed by atoms with van der Waals surface area (Å²) in [5.74, 6) is 1.25. The highest BCUT2D eigenvalue weighted by atomic mass is 16.1. The largest absolute Gasteiger partial charge is 0.303 e. The van der Waals surface area contributed by atoms with Crippen molar-refractivity contribution in [3.63, 3.8) is 0 Å². The molecule has 1 nitrogen and oxygen atoms in total. The molecule has 1 rings (SSSR count). The lowest BCUT2D eigenvalue weighted by molar-refractivity contribution is -0.110. The molecule has 0 spiro atoms. The van der Waals surface area contributed by atoms with Crippen molar-refractivity contribution in [3.8, 4) is 0 Å². The predicted octanol–water partition coefficient (Wildman–Crippen LogP) is 2.01. The van der Waals surface area contributed by atoms with Crippen molar-refractivity contribution in [2.45, 2.75) is 32.6 Å². The molecule has 0 saturated heterocycles. The Bertz CT molecular complexity index is 98.7. The molecule has 1 saturated carbocycles. The minimum atomic E-state index is 0.398. The summed E-state index contributed by atoms with van der Waals surface area (Å²) in [5.41, 5.74) is 0. The zero-order valence-corrected chi connectivity index (χ0v) is 5.97. The molecule has 1 fully saturated rings. The summed E-state index contributed by atoms with van der Waals surface area (Å²) in [7, 11) is 0. The van der Waals surface area contributed by atoms with E-state index in [1.54, 1.807) is 0 Å². The molecule has 0 aromatic rings. The smallest absolute Gasteiger partial charge is 0.123 e. The molecule has 0 radical (unpaired) electrons. The molecule has 2 atom stereocenters.